The number of Topliss-reactive ketones (excluding diaryl/α,β-unsaturated/α-hetero) is 2. The Morgan fingerprint density at radius 2 is 1.03 bits per heavy atom. The maximum atomic E-state index is 12.8. The van der Waals surface area contributed by atoms with Crippen LogP contribution in [0.2, 0.25) is 0 Å². The Balaban J connectivity index is 0.000000229. The molecule has 0 aliphatic rings. The first kappa shape index (κ1) is 49.0. The number of alkyl halides is 6. The number of rotatable bonds is 14. The van der Waals surface area contributed by atoms with Crippen molar-refractivity contribution >= 4 is 56.1 Å². The summed E-state index contributed by atoms with van der Waals surface area (Å²) in [6, 6.07) is 19.8. The minimum absolute atomic E-state index is 0.0522. The maximum Gasteiger partial charge on any atom is 0.390 e. The topological polar surface area (TPSA) is 119 Å². The SMILES string of the molecule is CCC(=O)c1ccc(-c2cnc3c(NCCC(F)(F)F)cc(-c4ccc(C(=O)OC)c(C)c4)cn23)cc1C.CCC(=O)c1ccc(-c2cnc3c(NCCC(F)(F)F)cc(Br)cn23)cc1C. The van der Waals surface area contributed by atoms with E-state index >= 15 is 0 Å². The van der Waals surface area contributed by atoms with Crippen molar-refractivity contribution in [3.05, 3.63) is 129 Å². The molecule has 346 valence electrons. The van der Waals surface area contributed by atoms with E-state index in [2.05, 4.69) is 36.5 Å². The first-order valence-corrected chi connectivity index (χ1v) is 21.8. The summed E-state index contributed by atoms with van der Waals surface area (Å²) in [6.45, 7) is 8.65. The van der Waals surface area contributed by atoms with Gasteiger partial charge in [-0.15, -0.1) is 0 Å². The number of esters is 1. The van der Waals surface area contributed by atoms with Crippen LogP contribution in [0.25, 0.3) is 44.9 Å². The molecule has 0 unspecified atom stereocenters. The minimum Gasteiger partial charge on any atom is -0.465 e. The number of halogens is 7. The van der Waals surface area contributed by atoms with E-state index in [1.54, 1.807) is 55.7 Å². The highest BCUT2D eigenvalue weighted by atomic mass is 79.9. The van der Waals surface area contributed by atoms with Gasteiger partial charge in [0.15, 0.2) is 22.9 Å². The molecule has 7 rings (SSSR count). The number of pyridine rings is 2. The van der Waals surface area contributed by atoms with Crippen molar-refractivity contribution in [3.63, 3.8) is 0 Å². The zero-order valence-corrected chi connectivity index (χ0v) is 38.6. The number of imidazole rings is 2. The lowest BCUT2D eigenvalue weighted by molar-refractivity contribution is -0.132. The Kier molecular flexibility index (Phi) is 15.1. The number of anilines is 2. The summed E-state index contributed by atoms with van der Waals surface area (Å²) < 4.78 is 85.0. The highest BCUT2D eigenvalue weighted by molar-refractivity contribution is 9.10. The molecule has 0 bridgehead atoms. The molecule has 0 amide bonds. The molecule has 0 radical (unpaired) electrons. The van der Waals surface area contributed by atoms with Gasteiger partial charge in [-0.1, -0.05) is 50.2 Å². The Hall–Kier alpha value is -6.49. The molecule has 2 N–H and O–H groups in total. The number of carbonyl (C=O) groups excluding carboxylic acids is 3. The molecule has 4 aromatic heterocycles. The van der Waals surface area contributed by atoms with Gasteiger partial charge < -0.3 is 15.4 Å². The third-order valence-electron chi connectivity index (χ3n) is 10.9. The lowest BCUT2D eigenvalue weighted by atomic mass is 9.99. The third-order valence-corrected chi connectivity index (χ3v) is 11.3. The Morgan fingerprint density at radius 3 is 1.47 bits per heavy atom. The minimum atomic E-state index is -4.29. The van der Waals surface area contributed by atoms with E-state index in [0.29, 0.717) is 62.2 Å². The van der Waals surface area contributed by atoms with E-state index in [9.17, 15) is 40.7 Å². The summed E-state index contributed by atoms with van der Waals surface area (Å²) in [6.07, 6.45) is -2.57. The average molecular weight is 978 g/mol. The van der Waals surface area contributed by atoms with Crippen molar-refractivity contribution in [3.8, 4) is 33.6 Å². The second kappa shape index (κ2) is 20.4. The van der Waals surface area contributed by atoms with E-state index < -0.39 is 31.2 Å². The van der Waals surface area contributed by atoms with Crippen LogP contribution in [-0.2, 0) is 4.74 Å². The average Bonchev–Trinajstić information content (AvgIpc) is 3.90. The molecule has 7 aromatic rings. The summed E-state index contributed by atoms with van der Waals surface area (Å²) in [5, 5.41) is 5.71. The van der Waals surface area contributed by atoms with Gasteiger partial charge >= 0.3 is 18.3 Å². The van der Waals surface area contributed by atoms with E-state index in [1.807, 2.05) is 79.2 Å². The van der Waals surface area contributed by atoms with Crippen molar-refractivity contribution in [1.82, 2.24) is 18.8 Å². The summed E-state index contributed by atoms with van der Waals surface area (Å²) in [4.78, 5) is 45.2. The molecule has 0 saturated heterocycles. The van der Waals surface area contributed by atoms with E-state index in [0.717, 1.165) is 44.8 Å². The second-order valence-corrected chi connectivity index (χ2v) is 16.5. The smallest absolute Gasteiger partial charge is 0.390 e. The van der Waals surface area contributed by atoms with Crippen LogP contribution in [0.5, 0.6) is 0 Å². The van der Waals surface area contributed by atoms with Crippen LogP contribution in [0.1, 0.15) is 87.3 Å². The summed E-state index contributed by atoms with van der Waals surface area (Å²) >= 11 is 3.41. The van der Waals surface area contributed by atoms with Gasteiger partial charge in [0.05, 0.1) is 60.7 Å². The molecule has 3 aromatic carbocycles. The van der Waals surface area contributed by atoms with Crippen LogP contribution < -0.4 is 10.6 Å². The van der Waals surface area contributed by atoms with E-state index in [4.69, 9.17) is 4.74 Å². The molecule has 4 heterocycles. The first-order chi connectivity index (χ1) is 31.2. The quantitative estimate of drug-likeness (QED) is 0.0628. The lowest BCUT2D eigenvalue weighted by Crippen LogP contribution is -2.15. The molecule has 10 nitrogen and oxygen atoms in total. The van der Waals surface area contributed by atoms with E-state index in [-0.39, 0.29) is 24.7 Å². The Morgan fingerprint density at radius 1 is 0.606 bits per heavy atom. The van der Waals surface area contributed by atoms with Gasteiger partial charge in [0.2, 0.25) is 0 Å². The van der Waals surface area contributed by atoms with Gasteiger partial charge in [-0.25, -0.2) is 14.8 Å². The second-order valence-electron chi connectivity index (χ2n) is 15.6. The highest BCUT2D eigenvalue weighted by Gasteiger charge is 2.27. The van der Waals surface area contributed by atoms with Crippen LogP contribution >= 0.6 is 15.9 Å². The van der Waals surface area contributed by atoms with Gasteiger partial charge in [-0.2, -0.15) is 26.3 Å². The molecule has 0 saturated carbocycles. The van der Waals surface area contributed by atoms with Gasteiger partial charge in [0.25, 0.3) is 0 Å². The standard InChI is InChI=1S/C29H28F3N3O3.C20H19BrF3N3O/c1-5-26(36)22-8-7-20(13-17(22)2)25-15-34-27-24(33-11-10-29(30,31)32)14-21(16-35(25)27)19-6-9-23(18(3)12-19)28(37)38-4;1-3-18(28)15-5-4-13(8-12(15)2)17-10-26-19-16(9-14(21)11-27(17)19)25-7-6-20(22,23)24/h6-9,12-16,33H,5,10-11H2,1-4H3;4-5,8-11,25H,3,6-7H2,1-2H3. The van der Waals surface area contributed by atoms with Crippen LogP contribution in [-0.4, -0.2) is 68.9 Å². The number of aromatic nitrogens is 4. The summed E-state index contributed by atoms with van der Waals surface area (Å²) in [5.41, 5.74) is 10.9. The van der Waals surface area contributed by atoms with Crippen molar-refractivity contribution in [2.24, 2.45) is 0 Å². The first-order valence-electron chi connectivity index (χ1n) is 21.0. The fourth-order valence-electron chi connectivity index (χ4n) is 7.50. The molecular formula is C49H47BrF6N6O4. The molecule has 0 aliphatic carbocycles. The number of carbonyl (C=O) groups is 3. The predicted octanol–water partition coefficient (Wildman–Crippen LogP) is 13.1. The Bertz CT molecular complexity index is 2940. The summed E-state index contributed by atoms with van der Waals surface area (Å²) in [7, 11) is 1.31. The van der Waals surface area contributed by atoms with Gasteiger partial charge in [0.1, 0.15) is 0 Å². The number of benzene rings is 3. The van der Waals surface area contributed by atoms with Crippen LogP contribution in [0.4, 0.5) is 37.7 Å². The normalized spacial score (nSPS) is 11.7. The number of ketones is 2. The summed E-state index contributed by atoms with van der Waals surface area (Å²) in [5.74, 6) is -0.311. The zero-order valence-electron chi connectivity index (χ0n) is 37.0. The van der Waals surface area contributed by atoms with Crippen LogP contribution in [0.3, 0.4) is 0 Å². The highest BCUT2D eigenvalue weighted by Crippen LogP contribution is 2.34. The number of ether oxygens (including phenoxy) is 1. The van der Waals surface area contributed by atoms with Crippen molar-refractivity contribution < 1.29 is 45.5 Å². The molecule has 0 fully saturated rings. The van der Waals surface area contributed by atoms with Crippen molar-refractivity contribution in [1.29, 1.82) is 0 Å². The number of hydrogen-bond acceptors (Lipinski definition) is 8. The number of aryl methyl sites for hydroxylation is 3. The van der Waals surface area contributed by atoms with Gasteiger partial charge in [-0.3, -0.25) is 18.4 Å². The van der Waals surface area contributed by atoms with Gasteiger partial charge in [-0.05, 0) is 89.3 Å². The number of methoxy groups -OCH3 is 1. The van der Waals surface area contributed by atoms with Crippen LogP contribution in [0, 0.1) is 20.8 Å². The predicted molar refractivity (Wildman–Crippen MR) is 248 cm³/mol. The molecule has 66 heavy (non-hydrogen) atoms. The van der Waals surface area contributed by atoms with Crippen molar-refractivity contribution in [2.45, 2.75) is 72.7 Å². The fourth-order valence-corrected chi connectivity index (χ4v) is 7.93. The molecular weight excluding hydrogens is 930 g/mol. The monoisotopic (exact) mass is 976 g/mol. The van der Waals surface area contributed by atoms with Crippen molar-refractivity contribution in [2.75, 3.05) is 30.8 Å². The fraction of sp³-hybridized carbons (Fsp3) is 0.286. The number of nitrogens with one attached hydrogen (secondary N) is 2. The number of hydrogen-bond donors (Lipinski definition) is 2. The van der Waals surface area contributed by atoms with Gasteiger partial charge in [0, 0.05) is 70.6 Å². The molecule has 0 aliphatic heterocycles. The third kappa shape index (κ3) is 11.5. The number of nitrogens with zero attached hydrogens (tertiary/aromatic N) is 4. The molecule has 0 spiro atoms. The Labute approximate surface area is 385 Å². The molecule has 17 heteroatoms. The maximum absolute atomic E-state index is 12.8. The number of fused-ring (bicyclic) bond motifs is 2. The zero-order chi connectivity index (χ0) is 48.1. The van der Waals surface area contributed by atoms with E-state index in [1.165, 1.54) is 7.11 Å². The molecule has 0 atom stereocenters. The largest absolute Gasteiger partial charge is 0.465 e. The lowest BCUT2D eigenvalue weighted by Gasteiger charge is -2.14. The van der Waals surface area contributed by atoms with Crippen LogP contribution in [0.15, 0.2) is 96.0 Å².